The first-order chi connectivity index (χ1) is 12.7. The molecule has 0 spiro atoms. The maximum atomic E-state index is 12.4. The van der Waals surface area contributed by atoms with E-state index in [9.17, 15) is 9.59 Å². The van der Waals surface area contributed by atoms with E-state index < -0.39 is 0 Å². The number of pyridine rings is 1. The quantitative estimate of drug-likeness (QED) is 0.835. The molecule has 2 aromatic heterocycles. The summed E-state index contributed by atoms with van der Waals surface area (Å²) in [5, 5.41) is 6.80. The predicted molar refractivity (Wildman–Crippen MR) is 93.3 cm³/mol. The molecule has 8 nitrogen and oxygen atoms in total. The summed E-state index contributed by atoms with van der Waals surface area (Å²) in [6.45, 7) is 3.61. The molecule has 1 N–H and O–H groups in total. The van der Waals surface area contributed by atoms with Gasteiger partial charge in [-0.25, -0.2) is 0 Å². The maximum absolute atomic E-state index is 12.4. The zero-order chi connectivity index (χ0) is 18.4. The van der Waals surface area contributed by atoms with Crippen molar-refractivity contribution in [2.24, 2.45) is 5.92 Å². The Labute approximate surface area is 152 Å². The standard InChI is InChI=1S/C18H23N5O3/c1-2-16-21-15(22-26-16)5-10-20-17(24)13-6-11-23(12-7-13)18(25)14-3-8-19-9-4-14/h3-4,8-9,13H,2,5-7,10-12H2,1H3,(H,20,24). The van der Waals surface area contributed by atoms with Crippen LogP contribution in [0, 0.1) is 5.92 Å². The van der Waals surface area contributed by atoms with Gasteiger partial charge in [-0.15, -0.1) is 0 Å². The van der Waals surface area contributed by atoms with Gasteiger partial charge in [0.2, 0.25) is 11.8 Å². The number of carbonyl (C=O) groups excluding carboxylic acids is 2. The smallest absolute Gasteiger partial charge is 0.253 e. The third kappa shape index (κ3) is 4.44. The van der Waals surface area contributed by atoms with Crippen molar-refractivity contribution < 1.29 is 14.1 Å². The minimum atomic E-state index is -0.0621. The van der Waals surface area contributed by atoms with Gasteiger partial charge in [0.15, 0.2) is 5.82 Å². The lowest BCUT2D eigenvalue weighted by Crippen LogP contribution is -2.43. The highest BCUT2D eigenvalue weighted by Gasteiger charge is 2.27. The molecule has 1 saturated heterocycles. The average Bonchev–Trinajstić information content (AvgIpc) is 3.16. The molecule has 0 radical (unpaired) electrons. The molecule has 3 rings (SSSR count). The Bertz CT molecular complexity index is 738. The molecule has 138 valence electrons. The van der Waals surface area contributed by atoms with E-state index in [-0.39, 0.29) is 17.7 Å². The van der Waals surface area contributed by atoms with Crippen molar-refractivity contribution in [3.05, 3.63) is 41.8 Å². The summed E-state index contributed by atoms with van der Waals surface area (Å²) >= 11 is 0. The van der Waals surface area contributed by atoms with Crippen LogP contribution in [0.4, 0.5) is 0 Å². The van der Waals surface area contributed by atoms with Crippen LogP contribution < -0.4 is 5.32 Å². The molecule has 1 aliphatic heterocycles. The van der Waals surface area contributed by atoms with E-state index in [1.807, 2.05) is 6.92 Å². The van der Waals surface area contributed by atoms with Crippen LogP contribution in [0.25, 0.3) is 0 Å². The number of aryl methyl sites for hydroxylation is 1. The van der Waals surface area contributed by atoms with Gasteiger partial charge in [-0.1, -0.05) is 12.1 Å². The summed E-state index contributed by atoms with van der Waals surface area (Å²) in [7, 11) is 0. The number of piperidine rings is 1. The number of nitrogens with zero attached hydrogens (tertiary/aromatic N) is 4. The maximum Gasteiger partial charge on any atom is 0.253 e. The molecule has 26 heavy (non-hydrogen) atoms. The highest BCUT2D eigenvalue weighted by molar-refractivity contribution is 5.94. The van der Waals surface area contributed by atoms with Gasteiger partial charge in [0.1, 0.15) is 0 Å². The zero-order valence-electron chi connectivity index (χ0n) is 14.9. The van der Waals surface area contributed by atoms with Crippen molar-refractivity contribution in [2.45, 2.75) is 32.6 Å². The molecule has 0 aromatic carbocycles. The van der Waals surface area contributed by atoms with E-state index in [0.29, 0.717) is 62.6 Å². The second-order valence-electron chi connectivity index (χ2n) is 6.30. The van der Waals surface area contributed by atoms with Crippen LogP contribution >= 0.6 is 0 Å². The topological polar surface area (TPSA) is 101 Å². The van der Waals surface area contributed by atoms with Gasteiger partial charge in [0, 0.05) is 56.4 Å². The number of aromatic nitrogens is 3. The van der Waals surface area contributed by atoms with Crippen LogP contribution in [0.3, 0.4) is 0 Å². The van der Waals surface area contributed by atoms with E-state index in [0.717, 1.165) is 0 Å². The SMILES string of the molecule is CCc1nc(CCNC(=O)C2CCN(C(=O)c3ccncc3)CC2)no1. The summed E-state index contributed by atoms with van der Waals surface area (Å²) < 4.78 is 5.04. The molecular weight excluding hydrogens is 334 g/mol. The number of hydrogen-bond acceptors (Lipinski definition) is 6. The fraction of sp³-hybridized carbons (Fsp3) is 0.500. The first-order valence-electron chi connectivity index (χ1n) is 8.96. The Kier molecular flexibility index (Phi) is 5.93. The molecule has 2 aromatic rings. The predicted octanol–water partition coefficient (Wildman–Crippen LogP) is 1.24. The van der Waals surface area contributed by atoms with E-state index in [2.05, 4.69) is 20.4 Å². The van der Waals surface area contributed by atoms with Crippen molar-refractivity contribution >= 4 is 11.8 Å². The molecule has 0 saturated carbocycles. The van der Waals surface area contributed by atoms with E-state index in [1.165, 1.54) is 0 Å². The highest BCUT2D eigenvalue weighted by Crippen LogP contribution is 2.19. The lowest BCUT2D eigenvalue weighted by Gasteiger charge is -2.31. The fourth-order valence-electron chi connectivity index (χ4n) is 3.00. The molecule has 0 aliphatic carbocycles. The largest absolute Gasteiger partial charge is 0.355 e. The molecule has 0 bridgehead atoms. The van der Waals surface area contributed by atoms with E-state index in [1.54, 1.807) is 29.4 Å². The average molecular weight is 357 g/mol. The van der Waals surface area contributed by atoms with Crippen LogP contribution in [0.15, 0.2) is 29.0 Å². The number of carbonyl (C=O) groups is 2. The minimum absolute atomic E-state index is 0.00454. The van der Waals surface area contributed by atoms with Crippen LogP contribution in [-0.4, -0.2) is 51.5 Å². The van der Waals surface area contributed by atoms with Gasteiger partial charge in [0.25, 0.3) is 5.91 Å². The minimum Gasteiger partial charge on any atom is -0.355 e. The molecular formula is C18H23N5O3. The first kappa shape index (κ1) is 18.0. The molecule has 1 aliphatic rings. The lowest BCUT2D eigenvalue weighted by molar-refractivity contribution is -0.126. The first-order valence-corrected chi connectivity index (χ1v) is 8.96. The van der Waals surface area contributed by atoms with Crippen LogP contribution in [-0.2, 0) is 17.6 Å². The summed E-state index contributed by atoms with van der Waals surface area (Å²) in [6, 6.07) is 3.42. The molecule has 3 heterocycles. The number of nitrogens with one attached hydrogen (secondary N) is 1. The van der Waals surface area contributed by atoms with Crippen molar-refractivity contribution in [1.29, 1.82) is 0 Å². The molecule has 0 unspecified atom stereocenters. The highest BCUT2D eigenvalue weighted by atomic mass is 16.5. The van der Waals surface area contributed by atoms with Gasteiger partial charge in [-0.05, 0) is 25.0 Å². The third-order valence-corrected chi connectivity index (χ3v) is 4.54. The van der Waals surface area contributed by atoms with Gasteiger partial charge in [0.05, 0.1) is 0 Å². The summed E-state index contributed by atoms with van der Waals surface area (Å²) in [5.74, 6) is 1.18. The number of likely N-dealkylation sites (tertiary alicyclic amines) is 1. The molecule has 8 heteroatoms. The second kappa shape index (κ2) is 8.55. The number of amides is 2. The fourth-order valence-corrected chi connectivity index (χ4v) is 3.00. The van der Waals surface area contributed by atoms with Gasteiger partial charge in [-0.3, -0.25) is 14.6 Å². The van der Waals surface area contributed by atoms with Crippen LogP contribution in [0.2, 0.25) is 0 Å². The summed E-state index contributed by atoms with van der Waals surface area (Å²) in [4.78, 5) is 34.7. The van der Waals surface area contributed by atoms with Crippen LogP contribution in [0.5, 0.6) is 0 Å². The van der Waals surface area contributed by atoms with Gasteiger partial charge < -0.3 is 14.7 Å². The Morgan fingerprint density at radius 2 is 2.00 bits per heavy atom. The Balaban J connectivity index is 1.41. The second-order valence-corrected chi connectivity index (χ2v) is 6.30. The normalized spacial score (nSPS) is 15.0. The molecule has 1 fully saturated rings. The number of hydrogen-bond donors (Lipinski definition) is 1. The zero-order valence-corrected chi connectivity index (χ0v) is 14.9. The van der Waals surface area contributed by atoms with Crippen molar-refractivity contribution in [3.8, 4) is 0 Å². The van der Waals surface area contributed by atoms with E-state index >= 15 is 0 Å². The Hall–Kier alpha value is -2.77. The van der Waals surface area contributed by atoms with E-state index in [4.69, 9.17) is 4.52 Å². The van der Waals surface area contributed by atoms with Crippen molar-refractivity contribution in [2.75, 3.05) is 19.6 Å². The Morgan fingerprint density at radius 3 is 2.65 bits per heavy atom. The lowest BCUT2D eigenvalue weighted by atomic mass is 9.95. The molecule has 2 amide bonds. The summed E-state index contributed by atoms with van der Waals surface area (Å²) in [5.41, 5.74) is 0.634. The van der Waals surface area contributed by atoms with Crippen LogP contribution in [0.1, 0.15) is 41.8 Å². The van der Waals surface area contributed by atoms with Gasteiger partial charge in [-0.2, -0.15) is 4.98 Å². The monoisotopic (exact) mass is 357 g/mol. The summed E-state index contributed by atoms with van der Waals surface area (Å²) in [6.07, 6.45) is 5.82. The molecule has 0 atom stereocenters. The van der Waals surface area contributed by atoms with Gasteiger partial charge >= 0.3 is 0 Å². The Morgan fingerprint density at radius 1 is 1.27 bits per heavy atom. The number of rotatable bonds is 6. The van der Waals surface area contributed by atoms with Crippen molar-refractivity contribution in [1.82, 2.24) is 25.3 Å². The van der Waals surface area contributed by atoms with Crippen molar-refractivity contribution in [3.63, 3.8) is 0 Å². The third-order valence-electron chi connectivity index (χ3n) is 4.54.